The van der Waals surface area contributed by atoms with Gasteiger partial charge in [0.15, 0.2) is 0 Å². The molecule has 0 amide bonds. The molecule has 9 nitrogen and oxygen atoms in total. The van der Waals surface area contributed by atoms with Crippen LogP contribution in [-0.2, 0) is 38.0 Å². The average Bonchev–Trinajstić information content (AvgIpc) is 3.54. The summed E-state index contributed by atoms with van der Waals surface area (Å²) in [6.07, 6.45) is 10.9. The highest BCUT2D eigenvalue weighted by molar-refractivity contribution is 5.73. The summed E-state index contributed by atoms with van der Waals surface area (Å²) in [5.41, 5.74) is 2.50. The summed E-state index contributed by atoms with van der Waals surface area (Å²) in [4.78, 5) is 30.7. The quantitative estimate of drug-likeness (QED) is 0.259. The van der Waals surface area contributed by atoms with Gasteiger partial charge in [-0.15, -0.1) is 0 Å². The van der Waals surface area contributed by atoms with Crippen LogP contribution in [0.1, 0.15) is 62.3 Å². The van der Waals surface area contributed by atoms with E-state index >= 15 is 0 Å². The largest absolute Gasteiger partial charge is 0.480 e. The van der Waals surface area contributed by atoms with E-state index in [0.717, 1.165) is 76.7 Å². The first-order chi connectivity index (χ1) is 18.4. The maximum Gasteiger partial charge on any atom is 0.320 e. The highest BCUT2D eigenvalue weighted by atomic mass is 16.4. The van der Waals surface area contributed by atoms with Crippen molar-refractivity contribution in [1.82, 2.24) is 34.2 Å². The molecule has 0 radical (unpaired) electrons. The number of carboxylic acids is 1. The fraction of sp³-hybridized carbons (Fsp3) is 0.552. The number of aliphatic carboxylic acids is 1. The second-order valence-corrected chi connectivity index (χ2v) is 10.2. The molecule has 0 aliphatic rings. The highest BCUT2D eigenvalue weighted by Gasteiger charge is 2.24. The summed E-state index contributed by atoms with van der Waals surface area (Å²) >= 11 is 0. The summed E-state index contributed by atoms with van der Waals surface area (Å²) in [6, 6.07) is 8.40. The molecule has 0 bridgehead atoms. The fourth-order valence-electron chi connectivity index (χ4n) is 4.93. The van der Waals surface area contributed by atoms with E-state index in [1.807, 2.05) is 25.6 Å². The molecule has 1 aromatic carbocycles. The van der Waals surface area contributed by atoms with Gasteiger partial charge in [-0.25, -0.2) is 9.97 Å². The predicted molar refractivity (Wildman–Crippen MR) is 150 cm³/mol. The average molecular weight is 524 g/mol. The van der Waals surface area contributed by atoms with Crippen LogP contribution < -0.4 is 0 Å². The Kier molecular flexibility index (Phi) is 12.0. The van der Waals surface area contributed by atoms with Crippen LogP contribution in [0.3, 0.4) is 0 Å². The number of imidazole rings is 2. The van der Waals surface area contributed by atoms with Crippen molar-refractivity contribution in [3.8, 4) is 0 Å². The number of hydrogen-bond acceptors (Lipinski definition) is 6. The maximum absolute atomic E-state index is 11.9. The molecule has 0 unspecified atom stereocenters. The molecule has 0 aliphatic heterocycles. The van der Waals surface area contributed by atoms with Gasteiger partial charge in [-0.05, 0) is 63.5 Å². The third kappa shape index (κ3) is 9.38. The van der Waals surface area contributed by atoms with E-state index in [4.69, 9.17) is 0 Å². The van der Waals surface area contributed by atoms with Crippen LogP contribution in [0.2, 0.25) is 0 Å². The van der Waals surface area contributed by atoms with E-state index < -0.39 is 12.0 Å². The highest BCUT2D eigenvalue weighted by Crippen LogP contribution is 2.15. The Hall–Kier alpha value is -3.01. The van der Waals surface area contributed by atoms with Crippen LogP contribution in [0.15, 0.2) is 49.1 Å². The van der Waals surface area contributed by atoms with Crippen LogP contribution in [0.4, 0.5) is 0 Å². The van der Waals surface area contributed by atoms with Crippen molar-refractivity contribution < 1.29 is 9.90 Å². The predicted octanol–water partition coefficient (Wildman–Crippen LogP) is 4.13. The van der Waals surface area contributed by atoms with Crippen molar-refractivity contribution in [3.63, 3.8) is 0 Å². The van der Waals surface area contributed by atoms with Gasteiger partial charge >= 0.3 is 5.97 Å². The zero-order valence-electron chi connectivity index (χ0n) is 23.5. The van der Waals surface area contributed by atoms with Gasteiger partial charge in [0.1, 0.15) is 17.7 Å². The van der Waals surface area contributed by atoms with Crippen molar-refractivity contribution in [3.05, 3.63) is 71.8 Å². The molecule has 9 heteroatoms. The van der Waals surface area contributed by atoms with Crippen molar-refractivity contribution >= 4 is 5.97 Å². The first-order valence-corrected chi connectivity index (χ1v) is 13.8. The van der Waals surface area contributed by atoms with E-state index in [9.17, 15) is 9.90 Å². The molecule has 0 saturated carbocycles. The number of H-pyrrole nitrogens is 1. The molecule has 38 heavy (non-hydrogen) atoms. The van der Waals surface area contributed by atoms with Gasteiger partial charge in [-0.2, -0.15) is 0 Å². The second-order valence-electron chi connectivity index (χ2n) is 10.2. The van der Waals surface area contributed by atoms with E-state index in [1.54, 1.807) is 6.20 Å². The zero-order valence-corrected chi connectivity index (χ0v) is 23.5. The summed E-state index contributed by atoms with van der Waals surface area (Å²) in [5.74, 6) is 1.26. The number of rotatable bonds is 18. The van der Waals surface area contributed by atoms with Crippen molar-refractivity contribution in [1.29, 1.82) is 0 Å². The molecule has 2 N–H and O–H groups in total. The van der Waals surface area contributed by atoms with E-state index in [0.29, 0.717) is 6.42 Å². The molecule has 2 aromatic heterocycles. The van der Waals surface area contributed by atoms with Crippen LogP contribution >= 0.6 is 0 Å². The van der Waals surface area contributed by atoms with Crippen LogP contribution in [-0.4, -0.2) is 78.0 Å². The van der Waals surface area contributed by atoms with Gasteiger partial charge in [0.05, 0.1) is 13.1 Å². The molecular weight excluding hydrogens is 478 g/mol. The Morgan fingerprint density at radius 2 is 1.66 bits per heavy atom. The Morgan fingerprint density at radius 3 is 2.21 bits per heavy atom. The normalized spacial score (nSPS) is 12.6. The van der Waals surface area contributed by atoms with Gasteiger partial charge in [-0.3, -0.25) is 14.6 Å². The lowest BCUT2D eigenvalue weighted by Gasteiger charge is -2.28. The summed E-state index contributed by atoms with van der Waals surface area (Å²) in [6.45, 7) is 9.87. The fourth-order valence-corrected chi connectivity index (χ4v) is 4.93. The lowest BCUT2D eigenvalue weighted by Crippen LogP contribution is -2.42. The van der Waals surface area contributed by atoms with E-state index in [1.165, 1.54) is 11.1 Å². The minimum atomic E-state index is -0.700. The second kappa shape index (κ2) is 15.4. The topological polar surface area (TPSA) is 93.5 Å². The van der Waals surface area contributed by atoms with Crippen LogP contribution in [0, 0.1) is 0 Å². The summed E-state index contributed by atoms with van der Waals surface area (Å²) in [7, 11) is 4.13. The number of carbonyl (C=O) groups is 1. The molecule has 0 spiro atoms. The third-order valence-corrected chi connectivity index (χ3v) is 6.86. The molecule has 2 heterocycles. The Bertz CT molecular complexity index is 1060. The number of benzene rings is 1. The summed E-state index contributed by atoms with van der Waals surface area (Å²) < 4.78 is 2.05. The van der Waals surface area contributed by atoms with Gasteiger partial charge in [-0.1, -0.05) is 38.1 Å². The number of nitrogens with zero attached hydrogens (tertiary/aromatic N) is 6. The van der Waals surface area contributed by atoms with Crippen LogP contribution in [0.5, 0.6) is 0 Å². The zero-order chi connectivity index (χ0) is 27.3. The molecule has 1 atom stereocenters. The Morgan fingerprint density at radius 1 is 0.974 bits per heavy atom. The molecule has 0 fully saturated rings. The van der Waals surface area contributed by atoms with Crippen molar-refractivity contribution in [2.75, 3.05) is 26.7 Å². The number of aryl methyl sites for hydroxylation is 1. The van der Waals surface area contributed by atoms with E-state index in [2.05, 4.69) is 79.4 Å². The molecule has 0 saturated heterocycles. The summed E-state index contributed by atoms with van der Waals surface area (Å²) in [5, 5.41) is 9.77. The molecule has 3 aromatic rings. The minimum absolute atomic E-state index is 0.391. The molecular formula is C29H45N7O2. The van der Waals surface area contributed by atoms with Gasteiger partial charge in [0.25, 0.3) is 0 Å². The van der Waals surface area contributed by atoms with Crippen molar-refractivity contribution in [2.45, 2.75) is 71.8 Å². The molecule has 208 valence electrons. The van der Waals surface area contributed by atoms with E-state index in [-0.39, 0.29) is 0 Å². The number of aromatic nitrogens is 4. The van der Waals surface area contributed by atoms with Gasteiger partial charge in [0.2, 0.25) is 0 Å². The third-order valence-electron chi connectivity index (χ3n) is 6.86. The van der Waals surface area contributed by atoms with Gasteiger partial charge in [0, 0.05) is 44.9 Å². The van der Waals surface area contributed by atoms with Crippen molar-refractivity contribution in [2.24, 2.45) is 7.05 Å². The lowest BCUT2D eigenvalue weighted by atomic mass is 10.1. The molecule has 0 aliphatic carbocycles. The van der Waals surface area contributed by atoms with Gasteiger partial charge < -0.3 is 19.6 Å². The lowest BCUT2D eigenvalue weighted by molar-refractivity contribution is -0.143. The number of aromatic amines is 1. The minimum Gasteiger partial charge on any atom is -0.480 e. The Labute approximate surface area is 227 Å². The molecule has 3 rings (SSSR count). The number of nitrogens with one attached hydrogen (secondary N) is 1. The standard InChI is InChI=1S/C29H45N7O2/c1-5-16-36(17-6-2)26(29(37)38)8-7-18-33(3)20-24-9-11-25(12-10-24)21-35(22-27-30-13-14-31-27)23-28-32-15-19-34(28)4/h9-15,19,26H,5-8,16-18,20-23H2,1-4H3,(H,30,31)(H,37,38)/t26-/m0/s1. The monoisotopic (exact) mass is 523 g/mol. The maximum atomic E-state index is 11.9. The van der Waals surface area contributed by atoms with Crippen LogP contribution in [0.25, 0.3) is 0 Å². The first kappa shape index (κ1) is 29.5. The smallest absolute Gasteiger partial charge is 0.320 e. The number of carboxylic acid groups (broad SMARTS) is 1. The Balaban J connectivity index is 1.51. The first-order valence-electron chi connectivity index (χ1n) is 13.8. The SMILES string of the molecule is CCCN(CCC)[C@@H](CCCN(C)Cc1ccc(CN(Cc2ncc[nH]2)Cc2nccn2C)cc1)C(=O)O. The number of hydrogen-bond donors (Lipinski definition) is 2.